The summed E-state index contributed by atoms with van der Waals surface area (Å²) < 4.78 is 10.7. The molecule has 6 nitrogen and oxygen atoms in total. The summed E-state index contributed by atoms with van der Waals surface area (Å²) in [6.07, 6.45) is 0.718. The van der Waals surface area contributed by atoms with E-state index in [2.05, 4.69) is 30.3 Å². The van der Waals surface area contributed by atoms with E-state index in [1.54, 1.807) is 14.2 Å². The van der Waals surface area contributed by atoms with Crippen molar-refractivity contribution < 1.29 is 9.47 Å². The zero-order valence-electron chi connectivity index (χ0n) is 20.7. The van der Waals surface area contributed by atoms with Gasteiger partial charge in [0.05, 0.1) is 37.2 Å². The molecular weight excluding hydrogens is 460 g/mol. The van der Waals surface area contributed by atoms with Gasteiger partial charge in [-0.2, -0.15) is 5.10 Å². The normalized spacial score (nSPS) is 15.0. The molecule has 1 unspecified atom stereocenters. The average molecular weight is 487 g/mol. The highest BCUT2D eigenvalue weighted by molar-refractivity contribution is 6.03. The molecule has 0 aliphatic carbocycles. The number of anilines is 1. The van der Waals surface area contributed by atoms with Crippen molar-refractivity contribution >= 4 is 22.6 Å². The van der Waals surface area contributed by atoms with Crippen molar-refractivity contribution in [1.29, 1.82) is 0 Å². The minimum atomic E-state index is -0.0622. The molecule has 0 saturated heterocycles. The van der Waals surface area contributed by atoms with Crippen LogP contribution in [0.3, 0.4) is 0 Å². The van der Waals surface area contributed by atoms with Crippen LogP contribution in [-0.2, 0) is 0 Å². The number of para-hydroxylation sites is 1. The van der Waals surface area contributed by atoms with Gasteiger partial charge in [-0.3, -0.25) is 0 Å². The van der Waals surface area contributed by atoms with Gasteiger partial charge in [0, 0.05) is 17.4 Å². The number of fused-ring (bicyclic) bond motifs is 1. The second-order valence-corrected chi connectivity index (χ2v) is 8.87. The molecule has 182 valence electrons. The van der Waals surface area contributed by atoms with Crippen LogP contribution in [0.2, 0.25) is 0 Å². The maximum absolute atomic E-state index is 5.39. The molecule has 5 aromatic rings. The Hall–Kier alpha value is -4.71. The fraction of sp³-hybridized carbons (Fsp3) is 0.129. The van der Waals surface area contributed by atoms with Gasteiger partial charge >= 0.3 is 0 Å². The number of hydrazone groups is 1. The molecule has 1 aliphatic heterocycles. The van der Waals surface area contributed by atoms with Crippen LogP contribution in [0.5, 0.6) is 11.5 Å². The smallest absolute Gasteiger partial charge is 0.247 e. The molecule has 1 aromatic heterocycles. The standard InChI is InChI=1S/C31H26N4O2/c1-36-24-16-12-21(13-17-24)28-20-29(22-14-18-25(37-2)19-15-22)35(34-28)31-32-27-11-7-6-10-26(27)30(33-31)23-8-4-3-5-9-23/h3-19,29H,20H2,1-2H3. The summed E-state index contributed by atoms with van der Waals surface area (Å²) in [6, 6.07) is 34.4. The first-order valence-corrected chi connectivity index (χ1v) is 12.2. The molecule has 0 bridgehead atoms. The van der Waals surface area contributed by atoms with Gasteiger partial charge < -0.3 is 9.47 Å². The number of aromatic nitrogens is 2. The van der Waals surface area contributed by atoms with E-state index >= 15 is 0 Å². The molecule has 2 heterocycles. The zero-order valence-corrected chi connectivity index (χ0v) is 20.7. The van der Waals surface area contributed by atoms with Crippen LogP contribution in [0.15, 0.2) is 108 Å². The van der Waals surface area contributed by atoms with E-state index in [9.17, 15) is 0 Å². The summed E-state index contributed by atoms with van der Waals surface area (Å²) in [5.74, 6) is 2.20. The van der Waals surface area contributed by atoms with Gasteiger partial charge in [0.25, 0.3) is 0 Å². The highest BCUT2D eigenvalue weighted by atomic mass is 16.5. The van der Waals surface area contributed by atoms with Crippen LogP contribution >= 0.6 is 0 Å². The molecule has 0 radical (unpaired) electrons. The van der Waals surface area contributed by atoms with Crippen LogP contribution in [0.1, 0.15) is 23.6 Å². The van der Waals surface area contributed by atoms with Crippen molar-refractivity contribution in [3.63, 3.8) is 0 Å². The van der Waals surface area contributed by atoms with E-state index in [1.165, 1.54) is 0 Å². The van der Waals surface area contributed by atoms with Crippen LogP contribution in [-0.4, -0.2) is 29.9 Å². The maximum atomic E-state index is 5.39. The fourth-order valence-corrected chi connectivity index (χ4v) is 4.72. The lowest BCUT2D eigenvalue weighted by Gasteiger charge is -2.23. The first-order valence-electron chi connectivity index (χ1n) is 12.2. The highest BCUT2D eigenvalue weighted by Gasteiger charge is 2.32. The van der Waals surface area contributed by atoms with Crippen molar-refractivity contribution in [1.82, 2.24) is 9.97 Å². The monoisotopic (exact) mass is 486 g/mol. The summed E-state index contributed by atoms with van der Waals surface area (Å²) in [5, 5.41) is 8.05. The van der Waals surface area contributed by atoms with Gasteiger partial charge in [-0.1, -0.05) is 60.7 Å². The summed E-state index contributed by atoms with van der Waals surface area (Å²) in [6.45, 7) is 0. The Labute approximate surface area is 215 Å². The molecule has 6 rings (SSSR count). The van der Waals surface area contributed by atoms with Crippen molar-refractivity contribution in [2.75, 3.05) is 19.2 Å². The largest absolute Gasteiger partial charge is 0.497 e. The number of nitrogens with zero attached hydrogens (tertiary/aromatic N) is 4. The van der Waals surface area contributed by atoms with Gasteiger partial charge in [-0.25, -0.2) is 15.0 Å². The number of rotatable bonds is 6. The molecule has 37 heavy (non-hydrogen) atoms. The minimum Gasteiger partial charge on any atom is -0.497 e. The molecule has 0 N–H and O–H groups in total. The van der Waals surface area contributed by atoms with Gasteiger partial charge in [-0.05, 0) is 53.6 Å². The topological polar surface area (TPSA) is 59.8 Å². The zero-order chi connectivity index (χ0) is 25.2. The minimum absolute atomic E-state index is 0.0622. The lowest BCUT2D eigenvalue weighted by atomic mass is 9.98. The second-order valence-electron chi connectivity index (χ2n) is 8.87. The Morgan fingerprint density at radius 2 is 1.32 bits per heavy atom. The molecule has 4 aromatic carbocycles. The Kier molecular flexibility index (Phi) is 5.98. The molecule has 0 spiro atoms. The summed E-state index contributed by atoms with van der Waals surface area (Å²) in [5.41, 5.74) is 5.95. The van der Waals surface area contributed by atoms with Gasteiger partial charge in [0.2, 0.25) is 5.95 Å². The van der Waals surface area contributed by atoms with E-state index < -0.39 is 0 Å². The number of benzene rings is 4. The first-order chi connectivity index (χ1) is 18.2. The number of hydrogen-bond acceptors (Lipinski definition) is 6. The van der Waals surface area contributed by atoms with E-state index in [0.29, 0.717) is 5.95 Å². The molecule has 0 fully saturated rings. The highest BCUT2D eigenvalue weighted by Crippen LogP contribution is 2.38. The van der Waals surface area contributed by atoms with Crippen LogP contribution in [0.25, 0.3) is 22.2 Å². The van der Waals surface area contributed by atoms with Crippen molar-refractivity contribution in [2.24, 2.45) is 5.10 Å². The van der Waals surface area contributed by atoms with E-state index in [1.807, 2.05) is 77.8 Å². The van der Waals surface area contributed by atoms with Crippen LogP contribution < -0.4 is 14.5 Å². The fourth-order valence-electron chi connectivity index (χ4n) is 4.72. The van der Waals surface area contributed by atoms with E-state index in [0.717, 1.165) is 56.9 Å². The quantitative estimate of drug-likeness (QED) is 0.268. The van der Waals surface area contributed by atoms with Gasteiger partial charge in [0.1, 0.15) is 11.5 Å². The lowest BCUT2D eigenvalue weighted by Crippen LogP contribution is -2.21. The third-order valence-electron chi connectivity index (χ3n) is 6.68. The third kappa shape index (κ3) is 4.38. The first kappa shape index (κ1) is 22.7. The second kappa shape index (κ2) is 9.74. The number of methoxy groups -OCH3 is 2. The summed E-state index contributed by atoms with van der Waals surface area (Å²) in [7, 11) is 3.35. The van der Waals surface area contributed by atoms with Gasteiger partial charge in [0.15, 0.2) is 0 Å². The van der Waals surface area contributed by atoms with E-state index in [-0.39, 0.29) is 6.04 Å². The Morgan fingerprint density at radius 3 is 2.03 bits per heavy atom. The predicted molar refractivity (Wildman–Crippen MR) is 147 cm³/mol. The molecule has 0 saturated carbocycles. The molecular formula is C31H26N4O2. The Morgan fingerprint density at radius 1 is 0.676 bits per heavy atom. The molecule has 1 aliphatic rings. The number of hydrogen-bond donors (Lipinski definition) is 0. The SMILES string of the molecule is COc1ccc(C2=NN(c3nc(-c4ccccc4)c4ccccc4n3)C(c3ccc(OC)cc3)C2)cc1. The maximum Gasteiger partial charge on any atom is 0.247 e. The van der Waals surface area contributed by atoms with Crippen molar-refractivity contribution in [3.05, 3.63) is 114 Å². The summed E-state index contributed by atoms with van der Waals surface area (Å²) in [4.78, 5) is 10.1. The lowest BCUT2D eigenvalue weighted by molar-refractivity contribution is 0.414. The molecule has 0 amide bonds. The average Bonchev–Trinajstić information content (AvgIpc) is 3.43. The van der Waals surface area contributed by atoms with E-state index in [4.69, 9.17) is 24.5 Å². The van der Waals surface area contributed by atoms with Crippen LogP contribution in [0.4, 0.5) is 5.95 Å². The van der Waals surface area contributed by atoms with Crippen LogP contribution in [0, 0.1) is 0 Å². The van der Waals surface area contributed by atoms with Crippen molar-refractivity contribution in [2.45, 2.75) is 12.5 Å². The van der Waals surface area contributed by atoms with Gasteiger partial charge in [-0.15, -0.1) is 0 Å². The number of ether oxygens (including phenoxy) is 2. The Bertz CT molecular complexity index is 1570. The summed E-state index contributed by atoms with van der Waals surface area (Å²) >= 11 is 0. The molecule has 6 heteroatoms. The Balaban J connectivity index is 1.49. The van der Waals surface area contributed by atoms with Crippen molar-refractivity contribution in [3.8, 4) is 22.8 Å². The third-order valence-corrected chi connectivity index (χ3v) is 6.68. The molecule has 1 atom stereocenters. The predicted octanol–water partition coefficient (Wildman–Crippen LogP) is 6.67.